The van der Waals surface area contributed by atoms with Crippen molar-refractivity contribution in [2.45, 2.75) is 35.6 Å². The maximum atomic E-state index is 13.2. The zero-order valence-corrected chi connectivity index (χ0v) is 19.1. The van der Waals surface area contributed by atoms with E-state index in [0.717, 1.165) is 10.0 Å². The van der Waals surface area contributed by atoms with Gasteiger partial charge in [-0.15, -0.1) is 6.42 Å². The van der Waals surface area contributed by atoms with Gasteiger partial charge in [0.15, 0.2) is 9.84 Å². The lowest BCUT2D eigenvalue weighted by Crippen LogP contribution is -2.52. The van der Waals surface area contributed by atoms with Crippen LogP contribution >= 0.6 is 15.9 Å². The van der Waals surface area contributed by atoms with Crippen LogP contribution in [0.15, 0.2) is 57.9 Å². The molecule has 2 aromatic carbocycles. The molecule has 1 fully saturated rings. The molecule has 0 saturated carbocycles. The Morgan fingerprint density at radius 1 is 1.23 bits per heavy atom. The van der Waals surface area contributed by atoms with Crippen molar-refractivity contribution in [3.63, 3.8) is 0 Å². The van der Waals surface area contributed by atoms with Gasteiger partial charge < -0.3 is 4.74 Å². The highest BCUT2D eigenvalue weighted by Crippen LogP contribution is 2.30. The molecule has 2 aromatic rings. The predicted octanol–water partition coefficient (Wildman–Crippen LogP) is 2.77. The molecule has 3 rings (SSSR count). The summed E-state index contributed by atoms with van der Waals surface area (Å²) in [7, 11) is -3.67. The summed E-state index contributed by atoms with van der Waals surface area (Å²) in [6.07, 6.45) is 5.62. The average Bonchev–Trinajstić information content (AvgIpc) is 2.79. The molecule has 2 atom stereocenters. The molecule has 164 valence electrons. The van der Waals surface area contributed by atoms with Crippen molar-refractivity contribution in [3.05, 3.63) is 58.6 Å². The van der Waals surface area contributed by atoms with Crippen molar-refractivity contribution >= 4 is 31.7 Å². The van der Waals surface area contributed by atoms with Crippen LogP contribution in [-0.2, 0) is 21.2 Å². The summed E-state index contributed by atoms with van der Waals surface area (Å²) in [6.45, 7) is 0.974. The fraction of sp³-hybridized carbons (Fsp3) is 0.318. The number of halogens is 1. The highest BCUT2D eigenvalue weighted by atomic mass is 79.9. The maximum absolute atomic E-state index is 13.2. The number of rotatable bonds is 7. The van der Waals surface area contributed by atoms with Crippen LogP contribution in [0.1, 0.15) is 18.4 Å². The average molecular weight is 507 g/mol. The second-order valence-corrected chi connectivity index (χ2v) is 10.4. The Balaban J connectivity index is 1.76. The Bertz CT molecular complexity index is 1050. The van der Waals surface area contributed by atoms with Gasteiger partial charge in [-0.05, 0) is 54.8 Å². The Hall–Kier alpha value is -2.38. The zero-order chi connectivity index (χ0) is 22.4. The van der Waals surface area contributed by atoms with Crippen LogP contribution in [0.3, 0.4) is 0 Å². The van der Waals surface area contributed by atoms with Gasteiger partial charge in [0.2, 0.25) is 0 Å². The monoisotopic (exact) mass is 506 g/mol. The first-order chi connectivity index (χ1) is 14.8. The SMILES string of the molecule is C#CCOc1ccc(S(=O)(=O)C2CCN(Cc3ccc(Br)cc3)C(C(=O)NO)C2)cc1. The van der Waals surface area contributed by atoms with E-state index in [1.807, 2.05) is 29.2 Å². The maximum Gasteiger partial charge on any atom is 0.260 e. The van der Waals surface area contributed by atoms with Crippen LogP contribution in [0.2, 0.25) is 0 Å². The van der Waals surface area contributed by atoms with E-state index in [0.29, 0.717) is 25.3 Å². The van der Waals surface area contributed by atoms with Gasteiger partial charge in [0, 0.05) is 17.6 Å². The molecule has 1 saturated heterocycles. The standard InChI is InChI=1S/C22H23BrN2O5S/c1-2-13-30-18-7-9-19(10-8-18)31(28,29)20-11-12-25(21(14-20)22(26)24-27)15-16-3-5-17(23)6-4-16/h1,3-10,20-21,27H,11-15H2,(H,24,26). The number of piperidine rings is 1. The van der Waals surface area contributed by atoms with E-state index in [-0.39, 0.29) is 17.9 Å². The van der Waals surface area contributed by atoms with Crippen molar-refractivity contribution in [3.8, 4) is 18.1 Å². The van der Waals surface area contributed by atoms with E-state index < -0.39 is 27.0 Å². The van der Waals surface area contributed by atoms with Gasteiger partial charge in [-0.3, -0.25) is 14.9 Å². The fourth-order valence-corrected chi connectivity index (χ4v) is 5.68. The van der Waals surface area contributed by atoms with Crippen LogP contribution in [0, 0.1) is 12.3 Å². The van der Waals surface area contributed by atoms with Crippen LogP contribution in [0.4, 0.5) is 0 Å². The molecule has 31 heavy (non-hydrogen) atoms. The third-order valence-electron chi connectivity index (χ3n) is 5.29. The number of terminal acetylenes is 1. The number of ether oxygens (including phenoxy) is 1. The minimum atomic E-state index is -3.67. The minimum absolute atomic E-state index is 0.0839. The summed E-state index contributed by atoms with van der Waals surface area (Å²) in [5.41, 5.74) is 2.67. The lowest BCUT2D eigenvalue weighted by atomic mass is 10.00. The van der Waals surface area contributed by atoms with E-state index in [4.69, 9.17) is 11.2 Å². The molecule has 1 aliphatic heterocycles. The molecule has 2 unspecified atom stereocenters. The first-order valence-electron chi connectivity index (χ1n) is 9.68. The van der Waals surface area contributed by atoms with Crippen LogP contribution < -0.4 is 10.2 Å². The summed E-state index contributed by atoms with van der Waals surface area (Å²) in [6, 6.07) is 13.0. The van der Waals surface area contributed by atoms with E-state index >= 15 is 0 Å². The number of hydrogen-bond donors (Lipinski definition) is 2. The normalized spacial score (nSPS) is 19.4. The van der Waals surface area contributed by atoms with E-state index in [2.05, 4.69) is 21.9 Å². The van der Waals surface area contributed by atoms with Crippen LogP contribution in [-0.4, -0.2) is 48.9 Å². The number of benzene rings is 2. The second kappa shape index (κ2) is 10.3. The zero-order valence-electron chi connectivity index (χ0n) is 16.7. The third-order valence-corrected chi connectivity index (χ3v) is 8.05. The summed E-state index contributed by atoms with van der Waals surface area (Å²) in [5.74, 6) is 2.22. The Morgan fingerprint density at radius 3 is 2.52 bits per heavy atom. The van der Waals surface area contributed by atoms with Gasteiger partial charge in [0.1, 0.15) is 12.4 Å². The van der Waals surface area contributed by atoms with E-state index in [1.165, 1.54) is 12.1 Å². The van der Waals surface area contributed by atoms with Crippen LogP contribution in [0.25, 0.3) is 0 Å². The highest BCUT2D eigenvalue weighted by Gasteiger charge is 2.39. The summed E-state index contributed by atoms with van der Waals surface area (Å²) in [4.78, 5) is 14.4. The molecule has 9 heteroatoms. The first kappa shape index (κ1) is 23.3. The van der Waals surface area contributed by atoms with Crippen molar-refractivity contribution < 1.29 is 23.2 Å². The van der Waals surface area contributed by atoms with E-state index in [9.17, 15) is 18.4 Å². The molecule has 0 spiro atoms. The number of hydrogen-bond acceptors (Lipinski definition) is 6. The number of amides is 1. The van der Waals surface area contributed by atoms with Crippen molar-refractivity contribution in [2.75, 3.05) is 13.2 Å². The number of nitrogens with one attached hydrogen (secondary N) is 1. The van der Waals surface area contributed by atoms with Crippen LogP contribution in [0.5, 0.6) is 5.75 Å². The first-order valence-corrected chi connectivity index (χ1v) is 12.0. The third kappa shape index (κ3) is 5.66. The number of carbonyl (C=O) groups is 1. The van der Waals surface area contributed by atoms with Gasteiger partial charge in [0.05, 0.1) is 16.2 Å². The van der Waals surface area contributed by atoms with Gasteiger partial charge in [0.25, 0.3) is 5.91 Å². The number of sulfone groups is 1. The highest BCUT2D eigenvalue weighted by molar-refractivity contribution is 9.10. The molecule has 0 bridgehead atoms. The number of nitrogens with zero attached hydrogens (tertiary/aromatic N) is 1. The molecular formula is C22H23BrN2O5S. The quantitative estimate of drug-likeness (QED) is 0.340. The molecule has 1 aliphatic rings. The Kier molecular flexibility index (Phi) is 7.73. The number of hydroxylamine groups is 1. The largest absolute Gasteiger partial charge is 0.481 e. The predicted molar refractivity (Wildman–Crippen MR) is 119 cm³/mol. The van der Waals surface area contributed by atoms with Crippen molar-refractivity contribution in [2.24, 2.45) is 0 Å². The van der Waals surface area contributed by atoms with Gasteiger partial charge >= 0.3 is 0 Å². The minimum Gasteiger partial charge on any atom is -0.481 e. The van der Waals surface area contributed by atoms with Crippen molar-refractivity contribution in [1.82, 2.24) is 10.4 Å². The smallest absolute Gasteiger partial charge is 0.260 e. The topological polar surface area (TPSA) is 95.9 Å². The Labute approximate surface area is 190 Å². The number of carbonyl (C=O) groups excluding carboxylic acids is 1. The molecule has 2 N–H and O–H groups in total. The molecule has 0 radical (unpaired) electrons. The lowest BCUT2D eigenvalue weighted by molar-refractivity contribution is -0.136. The van der Waals surface area contributed by atoms with Crippen molar-refractivity contribution in [1.29, 1.82) is 0 Å². The summed E-state index contributed by atoms with van der Waals surface area (Å²) >= 11 is 3.39. The van der Waals surface area contributed by atoms with Gasteiger partial charge in [-0.25, -0.2) is 13.9 Å². The van der Waals surface area contributed by atoms with Gasteiger partial charge in [-0.1, -0.05) is 34.0 Å². The fourth-order valence-electron chi connectivity index (χ4n) is 3.67. The van der Waals surface area contributed by atoms with E-state index in [1.54, 1.807) is 17.6 Å². The summed E-state index contributed by atoms with van der Waals surface area (Å²) < 4.78 is 32.6. The molecule has 0 aromatic heterocycles. The molecule has 1 amide bonds. The Morgan fingerprint density at radius 2 is 1.90 bits per heavy atom. The molecule has 7 nitrogen and oxygen atoms in total. The number of likely N-dealkylation sites (tertiary alicyclic amines) is 1. The second-order valence-electron chi connectivity index (χ2n) is 7.24. The molecule has 1 heterocycles. The molecular weight excluding hydrogens is 484 g/mol. The van der Waals surface area contributed by atoms with Gasteiger partial charge in [-0.2, -0.15) is 0 Å². The lowest BCUT2D eigenvalue weighted by Gasteiger charge is -2.37. The summed E-state index contributed by atoms with van der Waals surface area (Å²) in [5, 5.41) is 8.46. The molecule has 0 aliphatic carbocycles.